The molecule has 5 rings (SSSR count). The lowest BCUT2D eigenvalue weighted by Crippen LogP contribution is -2.38. The van der Waals surface area contributed by atoms with E-state index in [0.29, 0.717) is 16.9 Å². The summed E-state index contributed by atoms with van der Waals surface area (Å²) in [6, 6.07) is 14.5. The molecule has 2 saturated heterocycles. The largest absolute Gasteiger partial charge is 0.370 e. The Bertz CT molecular complexity index is 1140. The first-order chi connectivity index (χ1) is 15.9. The molecule has 1 N–H and O–H groups in total. The van der Waals surface area contributed by atoms with Gasteiger partial charge in [-0.05, 0) is 82.8 Å². The minimum absolute atomic E-state index is 0.0133. The van der Waals surface area contributed by atoms with Crippen molar-refractivity contribution in [3.8, 4) is 0 Å². The molecule has 2 fully saturated rings. The molecule has 0 bridgehead atoms. The minimum atomic E-state index is -0.0495. The Morgan fingerprint density at radius 2 is 1.94 bits per heavy atom. The molecule has 3 aromatic rings. The molecule has 8 heteroatoms. The van der Waals surface area contributed by atoms with Crippen LogP contribution in [0.3, 0.4) is 0 Å². The van der Waals surface area contributed by atoms with Crippen LogP contribution in [-0.4, -0.2) is 23.2 Å². The summed E-state index contributed by atoms with van der Waals surface area (Å²) in [6.45, 7) is 6.73. The predicted octanol–water partition coefficient (Wildman–Crippen LogP) is 7.22. The number of halogens is 2. The standard InChI is InChI=1S/C25H26BrClN4S2/c1-15-9-16(2)13-30(12-15)21-7-6-18(11-19(21)27)31-24(22-10-17(26)14-33-22)23(29-25(31)32)20-5-3-4-8-28-20/h3-8,10-11,14-16,23-24H,9,12-13H2,1-2H3,(H,29,32)/t15-,16-,23-,24-/m0/s1. The number of benzene rings is 1. The average molecular weight is 562 g/mol. The van der Waals surface area contributed by atoms with E-state index in [1.165, 1.54) is 11.3 Å². The van der Waals surface area contributed by atoms with Crippen LogP contribution in [0.1, 0.15) is 42.9 Å². The summed E-state index contributed by atoms with van der Waals surface area (Å²) in [5.74, 6) is 1.33. The molecule has 0 radical (unpaired) electrons. The minimum Gasteiger partial charge on any atom is -0.370 e. The highest BCUT2D eigenvalue weighted by Crippen LogP contribution is 2.45. The first kappa shape index (κ1) is 23.1. The van der Waals surface area contributed by atoms with Gasteiger partial charge < -0.3 is 15.1 Å². The van der Waals surface area contributed by atoms with Crippen molar-refractivity contribution in [3.63, 3.8) is 0 Å². The Kier molecular flexibility index (Phi) is 6.67. The summed E-state index contributed by atoms with van der Waals surface area (Å²) < 4.78 is 1.07. The van der Waals surface area contributed by atoms with E-state index in [1.807, 2.05) is 24.4 Å². The summed E-state index contributed by atoms with van der Waals surface area (Å²) in [4.78, 5) is 10.4. The molecule has 0 amide bonds. The third-order valence-corrected chi connectivity index (χ3v) is 8.78. The lowest BCUT2D eigenvalue weighted by molar-refractivity contribution is 0.357. The van der Waals surface area contributed by atoms with Crippen molar-refractivity contribution in [1.29, 1.82) is 0 Å². The molecule has 0 unspecified atom stereocenters. The number of nitrogens with one attached hydrogen (secondary N) is 1. The topological polar surface area (TPSA) is 31.4 Å². The zero-order chi connectivity index (χ0) is 23.1. The maximum Gasteiger partial charge on any atom is 0.174 e. The van der Waals surface area contributed by atoms with Gasteiger partial charge in [0.2, 0.25) is 0 Å². The van der Waals surface area contributed by atoms with Crippen molar-refractivity contribution in [3.05, 3.63) is 74.1 Å². The maximum atomic E-state index is 6.89. The van der Waals surface area contributed by atoms with Gasteiger partial charge in [-0.3, -0.25) is 4.98 Å². The highest BCUT2D eigenvalue weighted by molar-refractivity contribution is 9.10. The van der Waals surface area contributed by atoms with Gasteiger partial charge in [0.1, 0.15) is 0 Å². The molecule has 2 aliphatic heterocycles. The Morgan fingerprint density at radius 1 is 1.15 bits per heavy atom. The van der Waals surface area contributed by atoms with Crippen LogP contribution in [0.5, 0.6) is 0 Å². The van der Waals surface area contributed by atoms with Gasteiger partial charge in [-0.1, -0.05) is 31.5 Å². The Labute approximate surface area is 218 Å². The molecule has 0 saturated carbocycles. The van der Waals surface area contributed by atoms with Crippen LogP contribution in [0.2, 0.25) is 5.02 Å². The van der Waals surface area contributed by atoms with Gasteiger partial charge in [-0.2, -0.15) is 0 Å². The zero-order valence-corrected chi connectivity index (χ0v) is 22.5. The smallest absolute Gasteiger partial charge is 0.174 e. The third-order valence-electron chi connectivity index (χ3n) is 6.40. The van der Waals surface area contributed by atoms with E-state index in [0.717, 1.165) is 39.7 Å². The van der Waals surface area contributed by atoms with Gasteiger partial charge >= 0.3 is 0 Å². The number of aromatic nitrogens is 1. The number of nitrogens with zero attached hydrogens (tertiary/aromatic N) is 3. The molecular formula is C25H26BrClN4S2. The summed E-state index contributed by atoms with van der Waals surface area (Å²) in [7, 11) is 0. The molecule has 2 aliphatic rings. The van der Waals surface area contributed by atoms with Crippen LogP contribution in [0.15, 0.2) is 58.5 Å². The highest BCUT2D eigenvalue weighted by Gasteiger charge is 2.41. The molecule has 2 aromatic heterocycles. The SMILES string of the molecule is C[C@H]1C[C@H](C)CN(c2ccc(N3C(=S)N[C@@H](c4ccccn4)[C@@H]3c3cc(Br)cs3)cc2Cl)C1. The fraction of sp³-hybridized carbons (Fsp3) is 0.360. The molecule has 4 atom stereocenters. The van der Waals surface area contributed by atoms with Gasteiger partial charge in [0.15, 0.2) is 5.11 Å². The van der Waals surface area contributed by atoms with E-state index in [4.69, 9.17) is 23.8 Å². The van der Waals surface area contributed by atoms with Crippen LogP contribution >= 0.6 is 51.1 Å². The zero-order valence-electron chi connectivity index (χ0n) is 18.5. The fourth-order valence-corrected chi connectivity index (χ4v) is 7.38. The van der Waals surface area contributed by atoms with E-state index in [1.54, 1.807) is 11.3 Å². The molecule has 0 aliphatic carbocycles. The second-order valence-electron chi connectivity index (χ2n) is 9.15. The number of piperidine rings is 1. The van der Waals surface area contributed by atoms with Crippen molar-refractivity contribution in [2.24, 2.45) is 11.8 Å². The Morgan fingerprint density at radius 3 is 2.58 bits per heavy atom. The normalized spacial score (nSPS) is 25.4. The van der Waals surface area contributed by atoms with Gasteiger partial charge in [-0.25, -0.2) is 0 Å². The Balaban J connectivity index is 1.51. The molecular weight excluding hydrogens is 536 g/mol. The van der Waals surface area contributed by atoms with E-state index in [9.17, 15) is 0 Å². The van der Waals surface area contributed by atoms with E-state index in [-0.39, 0.29) is 12.1 Å². The molecule has 4 nitrogen and oxygen atoms in total. The number of anilines is 2. The fourth-order valence-electron chi connectivity index (χ4n) is 5.17. The van der Waals surface area contributed by atoms with Gasteiger partial charge in [-0.15, -0.1) is 11.3 Å². The first-order valence-corrected chi connectivity index (χ1v) is 13.7. The maximum absolute atomic E-state index is 6.89. The quantitative estimate of drug-likeness (QED) is 0.340. The van der Waals surface area contributed by atoms with Crippen molar-refractivity contribution in [2.45, 2.75) is 32.4 Å². The molecule has 1 aromatic carbocycles. The number of thiocarbonyl (C=S) groups is 1. The van der Waals surface area contributed by atoms with Crippen LogP contribution < -0.4 is 15.1 Å². The van der Waals surface area contributed by atoms with Crippen LogP contribution in [0.4, 0.5) is 11.4 Å². The molecule has 172 valence electrons. The van der Waals surface area contributed by atoms with Crippen molar-refractivity contribution < 1.29 is 0 Å². The number of hydrogen-bond acceptors (Lipinski definition) is 4. The highest BCUT2D eigenvalue weighted by atomic mass is 79.9. The number of hydrogen-bond donors (Lipinski definition) is 1. The van der Waals surface area contributed by atoms with Crippen molar-refractivity contribution >= 4 is 67.6 Å². The molecule has 0 spiro atoms. The van der Waals surface area contributed by atoms with Crippen LogP contribution in [-0.2, 0) is 0 Å². The number of thiophene rings is 1. The summed E-state index contributed by atoms with van der Waals surface area (Å²) in [5.41, 5.74) is 3.07. The third kappa shape index (κ3) is 4.65. The molecule has 33 heavy (non-hydrogen) atoms. The van der Waals surface area contributed by atoms with E-state index in [2.05, 4.69) is 79.5 Å². The first-order valence-electron chi connectivity index (χ1n) is 11.2. The van der Waals surface area contributed by atoms with Crippen molar-refractivity contribution in [1.82, 2.24) is 10.3 Å². The summed E-state index contributed by atoms with van der Waals surface area (Å²) in [5, 5.41) is 7.08. The van der Waals surface area contributed by atoms with Gasteiger partial charge in [0, 0.05) is 39.7 Å². The van der Waals surface area contributed by atoms with E-state index >= 15 is 0 Å². The van der Waals surface area contributed by atoms with Crippen LogP contribution in [0, 0.1) is 11.8 Å². The second-order valence-corrected chi connectivity index (χ2v) is 11.8. The lowest BCUT2D eigenvalue weighted by Gasteiger charge is -2.37. The second kappa shape index (κ2) is 9.53. The Hall–Kier alpha value is -1.67. The van der Waals surface area contributed by atoms with Gasteiger partial charge in [0.05, 0.1) is 28.5 Å². The van der Waals surface area contributed by atoms with Crippen LogP contribution in [0.25, 0.3) is 0 Å². The summed E-state index contributed by atoms with van der Waals surface area (Å²) in [6.07, 6.45) is 3.10. The lowest BCUT2D eigenvalue weighted by atomic mass is 9.91. The monoisotopic (exact) mass is 560 g/mol. The van der Waals surface area contributed by atoms with Gasteiger partial charge in [0.25, 0.3) is 0 Å². The summed E-state index contributed by atoms with van der Waals surface area (Å²) >= 11 is 18.1. The predicted molar refractivity (Wildman–Crippen MR) is 147 cm³/mol. The number of pyridine rings is 1. The van der Waals surface area contributed by atoms with E-state index < -0.39 is 0 Å². The van der Waals surface area contributed by atoms with Crippen molar-refractivity contribution in [2.75, 3.05) is 22.9 Å². The molecule has 4 heterocycles. The number of rotatable bonds is 4. The average Bonchev–Trinajstić information content (AvgIpc) is 3.36.